The van der Waals surface area contributed by atoms with Crippen LogP contribution in [0.2, 0.25) is 0 Å². The first kappa shape index (κ1) is 12.8. The predicted molar refractivity (Wildman–Crippen MR) is 67.7 cm³/mol. The molecular formula is C12H17N3O3. The minimum absolute atomic E-state index is 0.0601. The number of aliphatic hydroxyl groups is 1. The van der Waals surface area contributed by atoms with Crippen LogP contribution < -0.4 is 4.90 Å². The third-order valence-corrected chi connectivity index (χ3v) is 3.39. The van der Waals surface area contributed by atoms with Gasteiger partial charge in [0, 0.05) is 25.8 Å². The van der Waals surface area contributed by atoms with E-state index in [0.29, 0.717) is 11.6 Å². The quantitative estimate of drug-likeness (QED) is 0.648. The highest BCUT2D eigenvalue weighted by Gasteiger charge is 2.24. The van der Waals surface area contributed by atoms with E-state index in [9.17, 15) is 10.1 Å². The zero-order valence-corrected chi connectivity index (χ0v) is 10.4. The average molecular weight is 251 g/mol. The summed E-state index contributed by atoms with van der Waals surface area (Å²) in [4.78, 5) is 16.7. The Morgan fingerprint density at radius 1 is 1.61 bits per heavy atom. The van der Waals surface area contributed by atoms with Gasteiger partial charge in [-0.3, -0.25) is 10.1 Å². The lowest BCUT2D eigenvalue weighted by atomic mass is 10.1. The molecule has 0 bridgehead atoms. The summed E-state index contributed by atoms with van der Waals surface area (Å²) in [5.74, 6) is 1.28. The van der Waals surface area contributed by atoms with E-state index < -0.39 is 4.92 Å². The molecule has 0 aromatic carbocycles. The van der Waals surface area contributed by atoms with Gasteiger partial charge < -0.3 is 10.0 Å². The molecular weight excluding hydrogens is 234 g/mol. The van der Waals surface area contributed by atoms with Gasteiger partial charge in [-0.2, -0.15) is 0 Å². The Labute approximate surface area is 105 Å². The van der Waals surface area contributed by atoms with Crippen molar-refractivity contribution in [2.24, 2.45) is 5.92 Å². The monoisotopic (exact) mass is 251 g/mol. The minimum Gasteiger partial charge on any atom is -0.396 e. The van der Waals surface area contributed by atoms with E-state index in [1.165, 1.54) is 6.07 Å². The molecule has 1 fully saturated rings. The maximum Gasteiger partial charge on any atom is 0.290 e. The van der Waals surface area contributed by atoms with Gasteiger partial charge in [-0.1, -0.05) is 0 Å². The molecule has 18 heavy (non-hydrogen) atoms. The van der Waals surface area contributed by atoms with Crippen molar-refractivity contribution in [3.05, 3.63) is 27.9 Å². The van der Waals surface area contributed by atoms with Crippen molar-refractivity contribution in [2.45, 2.75) is 19.8 Å². The Morgan fingerprint density at radius 2 is 2.39 bits per heavy atom. The van der Waals surface area contributed by atoms with Gasteiger partial charge in [0.05, 0.1) is 4.92 Å². The van der Waals surface area contributed by atoms with E-state index in [2.05, 4.69) is 9.88 Å². The zero-order chi connectivity index (χ0) is 13.1. The van der Waals surface area contributed by atoms with E-state index in [-0.39, 0.29) is 12.3 Å². The van der Waals surface area contributed by atoms with Crippen LogP contribution in [0.25, 0.3) is 0 Å². The van der Waals surface area contributed by atoms with Crippen LogP contribution in [0.4, 0.5) is 11.5 Å². The van der Waals surface area contributed by atoms with Gasteiger partial charge in [0.2, 0.25) is 0 Å². The van der Waals surface area contributed by atoms with Crippen molar-refractivity contribution >= 4 is 11.5 Å². The second kappa shape index (κ2) is 5.30. The first-order valence-corrected chi connectivity index (χ1v) is 6.09. The summed E-state index contributed by atoms with van der Waals surface area (Å²) in [5, 5.41) is 19.6. The molecule has 1 aliphatic rings. The topological polar surface area (TPSA) is 79.5 Å². The van der Waals surface area contributed by atoms with Crippen molar-refractivity contribution in [1.29, 1.82) is 0 Å². The lowest BCUT2D eigenvalue weighted by molar-refractivity contribution is -0.385. The minimum atomic E-state index is -0.412. The molecule has 2 rings (SSSR count). The van der Waals surface area contributed by atoms with Crippen molar-refractivity contribution in [3.8, 4) is 0 Å². The third kappa shape index (κ3) is 2.59. The Kier molecular flexibility index (Phi) is 3.76. The van der Waals surface area contributed by atoms with Crippen LogP contribution in [-0.2, 0) is 0 Å². The fraction of sp³-hybridized carbons (Fsp3) is 0.583. The molecule has 0 saturated carbocycles. The van der Waals surface area contributed by atoms with Crippen LogP contribution in [0.1, 0.15) is 18.5 Å². The van der Waals surface area contributed by atoms with Crippen LogP contribution in [0.3, 0.4) is 0 Å². The number of anilines is 1. The van der Waals surface area contributed by atoms with Crippen molar-refractivity contribution < 1.29 is 10.0 Å². The summed E-state index contributed by atoms with van der Waals surface area (Å²) < 4.78 is 0. The number of nitrogens with zero attached hydrogens (tertiary/aromatic N) is 3. The Hall–Kier alpha value is -1.69. The summed E-state index contributed by atoms with van der Waals surface area (Å²) in [6.45, 7) is 3.63. The molecule has 1 aromatic heterocycles. The van der Waals surface area contributed by atoms with Gasteiger partial charge >= 0.3 is 0 Å². The molecule has 0 radical (unpaired) electrons. The summed E-state index contributed by atoms with van der Waals surface area (Å²) in [7, 11) is 0. The van der Waals surface area contributed by atoms with Crippen LogP contribution in [0, 0.1) is 23.0 Å². The fourth-order valence-electron chi connectivity index (χ4n) is 2.37. The Bertz CT molecular complexity index is 450. The average Bonchev–Trinajstić information content (AvgIpc) is 2.77. The van der Waals surface area contributed by atoms with Crippen LogP contribution in [-0.4, -0.2) is 34.7 Å². The SMILES string of the molecule is Cc1nc(N2CCC(CCO)C2)ccc1[N+](=O)[O-]. The normalized spacial score (nSPS) is 19.2. The number of hydrogen-bond acceptors (Lipinski definition) is 5. The molecule has 0 spiro atoms. The number of pyridine rings is 1. The van der Waals surface area contributed by atoms with Gasteiger partial charge in [-0.05, 0) is 31.7 Å². The third-order valence-electron chi connectivity index (χ3n) is 3.39. The summed E-state index contributed by atoms with van der Waals surface area (Å²) in [5.41, 5.74) is 0.507. The molecule has 1 saturated heterocycles. The standard InChI is InChI=1S/C12H17N3O3/c1-9-11(15(17)18)2-3-12(13-9)14-6-4-10(8-14)5-7-16/h2-3,10,16H,4-8H2,1H3. The molecule has 1 aliphatic heterocycles. The fourth-order valence-corrected chi connectivity index (χ4v) is 2.37. The number of aryl methyl sites for hydroxylation is 1. The van der Waals surface area contributed by atoms with Gasteiger partial charge in [-0.25, -0.2) is 4.98 Å². The lowest BCUT2D eigenvalue weighted by Crippen LogP contribution is -2.21. The summed E-state index contributed by atoms with van der Waals surface area (Å²) >= 11 is 0. The van der Waals surface area contributed by atoms with E-state index in [0.717, 1.165) is 31.7 Å². The van der Waals surface area contributed by atoms with E-state index in [4.69, 9.17) is 5.11 Å². The largest absolute Gasteiger partial charge is 0.396 e. The molecule has 2 heterocycles. The van der Waals surface area contributed by atoms with Gasteiger partial charge in [-0.15, -0.1) is 0 Å². The first-order valence-electron chi connectivity index (χ1n) is 6.09. The highest BCUT2D eigenvalue weighted by atomic mass is 16.6. The number of aromatic nitrogens is 1. The van der Waals surface area contributed by atoms with Crippen molar-refractivity contribution in [3.63, 3.8) is 0 Å². The molecule has 1 atom stereocenters. The molecule has 0 amide bonds. The highest BCUT2D eigenvalue weighted by Crippen LogP contribution is 2.26. The van der Waals surface area contributed by atoms with E-state index >= 15 is 0 Å². The highest BCUT2D eigenvalue weighted by molar-refractivity contribution is 5.47. The summed E-state index contributed by atoms with van der Waals surface area (Å²) in [6, 6.07) is 3.21. The smallest absolute Gasteiger partial charge is 0.290 e. The maximum atomic E-state index is 10.7. The Balaban J connectivity index is 2.11. The lowest BCUT2D eigenvalue weighted by Gasteiger charge is -2.17. The molecule has 1 unspecified atom stereocenters. The van der Waals surface area contributed by atoms with Gasteiger partial charge in [0.15, 0.2) is 0 Å². The second-order valence-corrected chi connectivity index (χ2v) is 4.64. The van der Waals surface area contributed by atoms with Gasteiger partial charge in [0.1, 0.15) is 11.5 Å². The van der Waals surface area contributed by atoms with Crippen LogP contribution in [0.5, 0.6) is 0 Å². The Morgan fingerprint density at radius 3 is 3.00 bits per heavy atom. The zero-order valence-electron chi connectivity index (χ0n) is 10.4. The number of hydrogen-bond donors (Lipinski definition) is 1. The van der Waals surface area contributed by atoms with E-state index in [1.807, 2.05) is 0 Å². The predicted octanol–water partition coefficient (Wildman–Crippen LogP) is 1.51. The molecule has 98 valence electrons. The number of rotatable bonds is 4. The van der Waals surface area contributed by atoms with Crippen LogP contribution >= 0.6 is 0 Å². The molecule has 0 aliphatic carbocycles. The molecule has 6 heteroatoms. The molecule has 1 N–H and O–H groups in total. The van der Waals surface area contributed by atoms with Crippen molar-refractivity contribution in [2.75, 3.05) is 24.6 Å². The second-order valence-electron chi connectivity index (χ2n) is 4.64. The van der Waals surface area contributed by atoms with Crippen molar-refractivity contribution in [1.82, 2.24) is 4.98 Å². The summed E-state index contributed by atoms with van der Waals surface area (Å²) in [6.07, 6.45) is 1.85. The molecule has 6 nitrogen and oxygen atoms in total. The number of nitro groups is 1. The van der Waals surface area contributed by atoms with Crippen LogP contribution in [0.15, 0.2) is 12.1 Å². The first-order chi connectivity index (χ1) is 8.61. The molecule has 1 aromatic rings. The maximum absolute atomic E-state index is 10.7. The van der Waals surface area contributed by atoms with Gasteiger partial charge in [0.25, 0.3) is 5.69 Å². The number of aliphatic hydroxyl groups excluding tert-OH is 1. The van der Waals surface area contributed by atoms with E-state index in [1.54, 1.807) is 13.0 Å².